The Labute approximate surface area is 194 Å². The molecule has 5 nitrogen and oxygen atoms in total. The molecule has 11 heteroatoms. The minimum Gasteiger partial charge on any atom is -0.324 e. The summed E-state index contributed by atoms with van der Waals surface area (Å²) in [6, 6.07) is 2.72. The number of aryl methyl sites for hydroxylation is 2. The number of benzene rings is 1. The first-order valence-electron chi connectivity index (χ1n) is 9.64. The van der Waals surface area contributed by atoms with Gasteiger partial charge in [-0.1, -0.05) is 29.4 Å². The highest BCUT2D eigenvalue weighted by Crippen LogP contribution is 2.36. The molecule has 0 saturated carbocycles. The van der Waals surface area contributed by atoms with E-state index in [1.54, 1.807) is 6.08 Å². The predicted molar refractivity (Wildman–Crippen MR) is 122 cm³/mol. The molecule has 0 bridgehead atoms. The van der Waals surface area contributed by atoms with E-state index in [1.807, 2.05) is 0 Å². The number of alkyl halides is 3. The molecule has 0 fully saturated rings. The molecule has 168 valence electrons. The van der Waals surface area contributed by atoms with Gasteiger partial charge in [0.1, 0.15) is 4.83 Å². The molecule has 2 aromatic heterocycles. The van der Waals surface area contributed by atoms with Crippen LogP contribution in [0.3, 0.4) is 0 Å². The Morgan fingerprint density at radius 3 is 2.88 bits per heavy atom. The summed E-state index contributed by atoms with van der Waals surface area (Å²) in [6.07, 6.45) is -0.173. The second-order valence-electron chi connectivity index (χ2n) is 7.17. The summed E-state index contributed by atoms with van der Waals surface area (Å²) >= 11 is 8.47. The number of thioether (sulfide) groups is 1. The zero-order valence-corrected chi connectivity index (χ0v) is 19.0. The van der Waals surface area contributed by atoms with E-state index in [4.69, 9.17) is 11.6 Å². The van der Waals surface area contributed by atoms with Crippen LogP contribution in [0.2, 0.25) is 5.02 Å². The van der Waals surface area contributed by atoms with Gasteiger partial charge in [0.05, 0.1) is 27.4 Å². The Balaban J connectivity index is 1.57. The van der Waals surface area contributed by atoms with E-state index in [0.717, 1.165) is 54.8 Å². The van der Waals surface area contributed by atoms with E-state index < -0.39 is 17.6 Å². The topological polar surface area (TPSA) is 64.0 Å². The van der Waals surface area contributed by atoms with Crippen LogP contribution >= 0.6 is 34.7 Å². The number of fused-ring (bicyclic) bond motifs is 3. The highest BCUT2D eigenvalue weighted by molar-refractivity contribution is 7.99. The zero-order valence-electron chi connectivity index (χ0n) is 16.6. The van der Waals surface area contributed by atoms with Crippen molar-refractivity contribution in [3.63, 3.8) is 0 Å². The quantitative estimate of drug-likeness (QED) is 0.275. The number of allylic oxidation sites excluding steroid dienone is 1. The Morgan fingerprint density at radius 2 is 2.16 bits per heavy atom. The van der Waals surface area contributed by atoms with Crippen LogP contribution in [-0.2, 0) is 30.4 Å². The number of nitrogens with zero attached hydrogens (tertiary/aromatic N) is 2. The van der Waals surface area contributed by atoms with Crippen molar-refractivity contribution in [3.05, 3.63) is 62.2 Å². The Bertz CT molecular complexity index is 1280. The lowest BCUT2D eigenvalue weighted by molar-refractivity contribution is -0.137. The van der Waals surface area contributed by atoms with Crippen molar-refractivity contribution in [2.45, 2.75) is 37.1 Å². The number of rotatable bonds is 6. The van der Waals surface area contributed by atoms with Gasteiger partial charge in [-0.05, 0) is 43.0 Å². The van der Waals surface area contributed by atoms with E-state index in [0.29, 0.717) is 15.4 Å². The minimum absolute atomic E-state index is 0.00689. The molecule has 1 aliphatic carbocycles. The standard InChI is InChI=1S/C21H17ClF3N3O2S2/c1-2-8-28-19(30)17-12-4-3-5-15(12)32-18(17)27-20(28)31-10-16(29)26-14-9-11(21(23,24)25)6-7-13(14)22/h2,6-7,9H,1,3-5,8,10H2,(H,26,29). The van der Waals surface area contributed by atoms with Crippen molar-refractivity contribution in [1.29, 1.82) is 0 Å². The molecule has 1 N–H and O–H groups in total. The maximum atomic E-state index is 13.1. The van der Waals surface area contributed by atoms with Crippen LogP contribution in [0.5, 0.6) is 0 Å². The fourth-order valence-corrected chi connectivity index (χ4v) is 5.85. The number of carbonyl (C=O) groups excluding carboxylic acids is 1. The van der Waals surface area contributed by atoms with Crippen molar-refractivity contribution in [3.8, 4) is 0 Å². The van der Waals surface area contributed by atoms with Crippen LogP contribution in [0.15, 0.2) is 40.8 Å². The molecule has 0 atom stereocenters. The van der Waals surface area contributed by atoms with Gasteiger partial charge >= 0.3 is 6.18 Å². The number of carbonyl (C=O) groups is 1. The maximum Gasteiger partial charge on any atom is 0.416 e. The molecule has 0 saturated heterocycles. The van der Waals surface area contributed by atoms with E-state index in [9.17, 15) is 22.8 Å². The molecule has 32 heavy (non-hydrogen) atoms. The summed E-state index contributed by atoms with van der Waals surface area (Å²) in [5.74, 6) is -0.725. The van der Waals surface area contributed by atoms with Crippen molar-refractivity contribution in [2.24, 2.45) is 0 Å². The smallest absolute Gasteiger partial charge is 0.324 e. The van der Waals surface area contributed by atoms with Gasteiger partial charge in [-0.2, -0.15) is 13.2 Å². The van der Waals surface area contributed by atoms with Gasteiger partial charge in [-0.15, -0.1) is 17.9 Å². The highest BCUT2D eigenvalue weighted by Gasteiger charge is 2.31. The maximum absolute atomic E-state index is 13.1. The fourth-order valence-electron chi connectivity index (χ4n) is 3.57. The largest absolute Gasteiger partial charge is 0.416 e. The molecule has 4 rings (SSSR count). The lowest BCUT2D eigenvalue weighted by Gasteiger charge is -2.13. The van der Waals surface area contributed by atoms with Crippen LogP contribution in [0.1, 0.15) is 22.4 Å². The van der Waals surface area contributed by atoms with Crippen LogP contribution < -0.4 is 10.9 Å². The van der Waals surface area contributed by atoms with Crippen molar-refractivity contribution in [1.82, 2.24) is 9.55 Å². The van der Waals surface area contributed by atoms with Gasteiger partial charge in [0.15, 0.2) is 5.16 Å². The Hall–Kier alpha value is -2.30. The van der Waals surface area contributed by atoms with Crippen LogP contribution in [0.25, 0.3) is 10.2 Å². The normalized spacial score (nSPS) is 13.4. The molecule has 0 spiro atoms. The van der Waals surface area contributed by atoms with Gasteiger partial charge in [-0.25, -0.2) is 4.98 Å². The van der Waals surface area contributed by atoms with E-state index in [1.165, 1.54) is 20.8 Å². The molecule has 0 aliphatic heterocycles. The molecule has 1 aliphatic rings. The lowest BCUT2D eigenvalue weighted by atomic mass is 10.2. The second-order valence-corrected chi connectivity index (χ2v) is 9.60. The summed E-state index contributed by atoms with van der Waals surface area (Å²) in [6.45, 7) is 3.92. The molecule has 0 unspecified atom stereocenters. The molecular formula is C21H17ClF3N3O2S2. The van der Waals surface area contributed by atoms with Gasteiger partial charge in [0.2, 0.25) is 5.91 Å². The number of thiophene rings is 1. The first-order valence-corrected chi connectivity index (χ1v) is 11.8. The molecule has 3 aromatic rings. The summed E-state index contributed by atoms with van der Waals surface area (Å²) in [7, 11) is 0. The average Bonchev–Trinajstić information content (AvgIpc) is 3.30. The van der Waals surface area contributed by atoms with Gasteiger partial charge in [0.25, 0.3) is 5.56 Å². The second kappa shape index (κ2) is 8.92. The monoisotopic (exact) mass is 499 g/mol. The van der Waals surface area contributed by atoms with Crippen LogP contribution in [0, 0.1) is 0 Å². The fraction of sp³-hybridized carbons (Fsp3) is 0.286. The molecule has 1 aromatic carbocycles. The van der Waals surface area contributed by atoms with Crippen LogP contribution in [0.4, 0.5) is 18.9 Å². The SMILES string of the molecule is C=CCn1c(SCC(=O)Nc2cc(C(F)(F)F)ccc2Cl)nc2sc3c(c2c1=O)CCC3. The Kier molecular flexibility index (Phi) is 6.37. The number of hydrogen-bond donors (Lipinski definition) is 1. The first kappa shape index (κ1) is 22.9. The lowest BCUT2D eigenvalue weighted by Crippen LogP contribution is -2.24. The number of nitrogens with one attached hydrogen (secondary N) is 1. The zero-order chi connectivity index (χ0) is 23.0. The summed E-state index contributed by atoms with van der Waals surface area (Å²) in [4.78, 5) is 32.0. The number of hydrogen-bond acceptors (Lipinski definition) is 5. The number of amides is 1. The predicted octanol–water partition coefficient (Wildman–Crippen LogP) is 5.54. The third-order valence-corrected chi connectivity index (χ3v) is 7.49. The number of anilines is 1. The van der Waals surface area contributed by atoms with Crippen molar-refractivity contribution < 1.29 is 18.0 Å². The third-order valence-electron chi connectivity index (χ3n) is 5.00. The molecular weight excluding hydrogens is 483 g/mol. The van der Waals surface area contributed by atoms with E-state index in [2.05, 4.69) is 16.9 Å². The first-order chi connectivity index (χ1) is 15.2. The summed E-state index contributed by atoms with van der Waals surface area (Å²) in [5.41, 5.74) is -0.150. The van der Waals surface area contributed by atoms with Crippen LogP contribution in [-0.4, -0.2) is 21.2 Å². The average molecular weight is 500 g/mol. The van der Waals surface area contributed by atoms with E-state index >= 15 is 0 Å². The molecule has 0 radical (unpaired) electrons. The highest BCUT2D eigenvalue weighted by atomic mass is 35.5. The molecule has 1 amide bonds. The number of halogens is 4. The van der Waals surface area contributed by atoms with Gasteiger partial charge in [0, 0.05) is 11.4 Å². The van der Waals surface area contributed by atoms with E-state index in [-0.39, 0.29) is 28.6 Å². The summed E-state index contributed by atoms with van der Waals surface area (Å²) in [5, 5.41) is 3.38. The van der Waals surface area contributed by atoms with Gasteiger partial charge < -0.3 is 5.32 Å². The van der Waals surface area contributed by atoms with Crippen molar-refractivity contribution >= 4 is 56.5 Å². The molecule has 2 heterocycles. The third kappa shape index (κ3) is 4.44. The minimum atomic E-state index is -4.56. The number of aromatic nitrogens is 2. The van der Waals surface area contributed by atoms with Crippen molar-refractivity contribution in [2.75, 3.05) is 11.1 Å². The Morgan fingerprint density at radius 1 is 1.38 bits per heavy atom. The van der Waals surface area contributed by atoms with Gasteiger partial charge in [-0.3, -0.25) is 14.2 Å². The summed E-state index contributed by atoms with van der Waals surface area (Å²) < 4.78 is 40.3.